The molecular weight excluding hydrogens is 414 g/mol. The van der Waals surface area contributed by atoms with E-state index in [0.29, 0.717) is 17.7 Å². The summed E-state index contributed by atoms with van der Waals surface area (Å²) in [6.45, 7) is 3.21. The van der Waals surface area contributed by atoms with Crippen LogP contribution in [-0.2, 0) is 4.74 Å². The molecule has 2 aromatic carbocycles. The van der Waals surface area contributed by atoms with Gasteiger partial charge in [0, 0.05) is 24.7 Å². The number of fused-ring (bicyclic) bond motifs is 1. The molecule has 0 atom stereocenters. The summed E-state index contributed by atoms with van der Waals surface area (Å²) in [5, 5.41) is 16.5. The minimum atomic E-state index is 0.533. The molecule has 0 unspecified atom stereocenters. The van der Waals surface area contributed by atoms with E-state index in [2.05, 4.69) is 55.0 Å². The van der Waals surface area contributed by atoms with Gasteiger partial charge in [-0.15, -0.1) is 0 Å². The number of benzene rings is 2. The summed E-state index contributed by atoms with van der Waals surface area (Å²) >= 11 is 0. The maximum Gasteiger partial charge on any atom is 0.229 e. The normalized spacial score (nSPS) is 16.1. The van der Waals surface area contributed by atoms with E-state index in [1.807, 2.05) is 24.3 Å². The zero-order valence-electron chi connectivity index (χ0n) is 18.2. The van der Waals surface area contributed by atoms with Crippen LogP contribution >= 0.6 is 0 Å². The number of aromatic nitrogens is 4. The van der Waals surface area contributed by atoms with Gasteiger partial charge in [-0.3, -0.25) is 0 Å². The fraction of sp³-hybridized carbons (Fsp3) is 0.280. The number of anilines is 5. The van der Waals surface area contributed by atoms with Gasteiger partial charge in [0.1, 0.15) is 5.82 Å². The zero-order valence-corrected chi connectivity index (χ0v) is 18.2. The Morgan fingerprint density at radius 1 is 0.909 bits per heavy atom. The Hall–Kier alpha value is -3.78. The van der Waals surface area contributed by atoms with Crippen LogP contribution in [0.3, 0.4) is 0 Å². The summed E-state index contributed by atoms with van der Waals surface area (Å²) in [6.07, 6.45) is 5.96. The number of hydrogen-bond acceptors (Lipinski definition) is 8. The van der Waals surface area contributed by atoms with Gasteiger partial charge in [0.05, 0.1) is 42.0 Å². The van der Waals surface area contributed by atoms with E-state index in [1.165, 1.54) is 18.4 Å². The Labute approximate surface area is 192 Å². The standard InChI is InChI=1S/C25H25N7O/c1-2-7-22(32-12-14-33-15-13-32)20(6-1)29-25-26-11-10-23(30-25)28-21-16-27-31-24-18(17-8-9-17)4-3-5-19(21)24/h1-7,10-11,16-17H,8-9,12-15H2,(H2,26,28,29,30,31). The lowest BCUT2D eigenvalue weighted by Gasteiger charge is -2.30. The molecule has 2 fully saturated rings. The highest BCUT2D eigenvalue weighted by Crippen LogP contribution is 2.43. The van der Waals surface area contributed by atoms with Crippen molar-refractivity contribution in [3.05, 3.63) is 66.5 Å². The van der Waals surface area contributed by atoms with Crippen molar-refractivity contribution >= 4 is 39.7 Å². The SMILES string of the molecule is c1ccc(N2CCOCC2)c(Nc2nccc(Nc3cnnc4c(C5CC5)cccc34)n2)c1. The summed E-state index contributed by atoms with van der Waals surface area (Å²) < 4.78 is 5.50. The highest BCUT2D eigenvalue weighted by atomic mass is 16.5. The van der Waals surface area contributed by atoms with Crippen molar-refractivity contribution in [1.82, 2.24) is 20.2 Å². The second-order valence-corrected chi connectivity index (χ2v) is 8.41. The van der Waals surface area contributed by atoms with Crippen LogP contribution in [0.1, 0.15) is 24.3 Å². The van der Waals surface area contributed by atoms with Crippen molar-refractivity contribution in [1.29, 1.82) is 0 Å². The number of para-hydroxylation sites is 2. The predicted octanol–water partition coefficient (Wildman–Crippen LogP) is 4.62. The topological polar surface area (TPSA) is 88.1 Å². The molecule has 0 spiro atoms. The van der Waals surface area contributed by atoms with Gasteiger partial charge in [0.2, 0.25) is 5.95 Å². The predicted molar refractivity (Wildman–Crippen MR) is 130 cm³/mol. The number of nitrogens with zero attached hydrogens (tertiary/aromatic N) is 5. The molecule has 1 saturated carbocycles. The second-order valence-electron chi connectivity index (χ2n) is 8.41. The molecule has 3 heterocycles. The van der Waals surface area contributed by atoms with E-state index in [1.54, 1.807) is 12.4 Å². The number of nitrogens with one attached hydrogen (secondary N) is 2. The van der Waals surface area contributed by atoms with E-state index in [-0.39, 0.29) is 0 Å². The van der Waals surface area contributed by atoms with Crippen LogP contribution in [0.2, 0.25) is 0 Å². The fourth-order valence-electron chi connectivity index (χ4n) is 4.33. The van der Waals surface area contributed by atoms with Crippen LogP contribution in [0.25, 0.3) is 10.9 Å². The molecule has 1 saturated heterocycles. The lowest BCUT2D eigenvalue weighted by molar-refractivity contribution is 0.123. The Morgan fingerprint density at radius 2 is 1.79 bits per heavy atom. The van der Waals surface area contributed by atoms with E-state index in [0.717, 1.165) is 54.3 Å². The van der Waals surface area contributed by atoms with Gasteiger partial charge in [-0.2, -0.15) is 15.2 Å². The van der Waals surface area contributed by atoms with Crippen molar-refractivity contribution in [2.45, 2.75) is 18.8 Å². The van der Waals surface area contributed by atoms with Gasteiger partial charge >= 0.3 is 0 Å². The smallest absolute Gasteiger partial charge is 0.229 e. The van der Waals surface area contributed by atoms with Gasteiger partial charge in [-0.05, 0) is 42.5 Å². The average molecular weight is 440 g/mol. The summed E-state index contributed by atoms with van der Waals surface area (Å²) in [7, 11) is 0. The van der Waals surface area contributed by atoms with Crippen molar-refractivity contribution in [3.63, 3.8) is 0 Å². The monoisotopic (exact) mass is 439 g/mol. The van der Waals surface area contributed by atoms with E-state index in [9.17, 15) is 0 Å². The van der Waals surface area contributed by atoms with Gasteiger partial charge < -0.3 is 20.3 Å². The molecule has 0 radical (unpaired) electrons. The van der Waals surface area contributed by atoms with Gasteiger partial charge in [-0.25, -0.2) is 4.98 Å². The molecule has 0 bridgehead atoms. The lowest BCUT2D eigenvalue weighted by atomic mass is 10.1. The van der Waals surface area contributed by atoms with Crippen LogP contribution in [0.5, 0.6) is 0 Å². The molecule has 8 nitrogen and oxygen atoms in total. The van der Waals surface area contributed by atoms with Crippen molar-refractivity contribution in [2.75, 3.05) is 41.8 Å². The fourth-order valence-corrected chi connectivity index (χ4v) is 4.33. The van der Waals surface area contributed by atoms with Gasteiger partial charge in [0.25, 0.3) is 0 Å². The first-order valence-electron chi connectivity index (χ1n) is 11.4. The van der Waals surface area contributed by atoms with Gasteiger partial charge in [-0.1, -0.05) is 30.3 Å². The molecule has 1 aliphatic carbocycles. The number of morpholine rings is 1. The second kappa shape index (κ2) is 8.63. The van der Waals surface area contributed by atoms with Crippen molar-refractivity contribution in [3.8, 4) is 0 Å². The summed E-state index contributed by atoms with van der Waals surface area (Å²) in [5.41, 5.74) is 5.24. The number of rotatable bonds is 6. The zero-order chi connectivity index (χ0) is 22.0. The van der Waals surface area contributed by atoms with Crippen LogP contribution in [0.4, 0.5) is 28.8 Å². The molecule has 2 aliphatic rings. The molecule has 8 heteroatoms. The average Bonchev–Trinajstić information content (AvgIpc) is 3.71. The first kappa shape index (κ1) is 19.9. The highest BCUT2D eigenvalue weighted by Gasteiger charge is 2.26. The Morgan fingerprint density at radius 3 is 2.67 bits per heavy atom. The van der Waals surface area contributed by atoms with E-state index >= 15 is 0 Å². The highest BCUT2D eigenvalue weighted by molar-refractivity contribution is 5.94. The molecule has 0 amide bonds. The number of hydrogen-bond donors (Lipinski definition) is 2. The van der Waals surface area contributed by atoms with Crippen LogP contribution < -0.4 is 15.5 Å². The van der Waals surface area contributed by atoms with E-state index in [4.69, 9.17) is 9.72 Å². The third kappa shape index (κ3) is 4.17. The molecular formula is C25H25N7O. The minimum Gasteiger partial charge on any atom is -0.378 e. The summed E-state index contributed by atoms with van der Waals surface area (Å²) in [4.78, 5) is 11.5. The molecule has 1 aliphatic heterocycles. The molecule has 166 valence electrons. The first-order valence-corrected chi connectivity index (χ1v) is 11.4. The summed E-state index contributed by atoms with van der Waals surface area (Å²) in [6, 6.07) is 16.4. The van der Waals surface area contributed by atoms with Crippen LogP contribution in [0, 0.1) is 0 Å². The lowest BCUT2D eigenvalue weighted by Crippen LogP contribution is -2.36. The minimum absolute atomic E-state index is 0.533. The third-order valence-corrected chi connectivity index (χ3v) is 6.14. The Bertz CT molecular complexity index is 1280. The third-order valence-electron chi connectivity index (χ3n) is 6.14. The maximum atomic E-state index is 5.50. The van der Waals surface area contributed by atoms with E-state index < -0.39 is 0 Å². The Kier molecular flexibility index (Phi) is 5.20. The van der Waals surface area contributed by atoms with Crippen LogP contribution in [-0.4, -0.2) is 46.5 Å². The summed E-state index contributed by atoms with van der Waals surface area (Å²) in [5.74, 6) is 1.84. The Balaban J connectivity index is 1.27. The maximum absolute atomic E-state index is 5.50. The largest absolute Gasteiger partial charge is 0.378 e. The quantitative estimate of drug-likeness (QED) is 0.450. The molecule has 33 heavy (non-hydrogen) atoms. The first-order chi connectivity index (χ1) is 16.3. The molecule has 2 aromatic heterocycles. The molecule has 2 N–H and O–H groups in total. The molecule has 6 rings (SSSR count). The van der Waals surface area contributed by atoms with Crippen molar-refractivity contribution < 1.29 is 4.74 Å². The number of ether oxygens (including phenoxy) is 1. The van der Waals surface area contributed by atoms with Crippen LogP contribution in [0.15, 0.2) is 60.9 Å². The molecule has 4 aromatic rings. The van der Waals surface area contributed by atoms with Crippen molar-refractivity contribution in [2.24, 2.45) is 0 Å². The van der Waals surface area contributed by atoms with Gasteiger partial charge in [0.15, 0.2) is 0 Å².